The monoisotopic (exact) mass is 729 g/mol. The highest BCUT2D eigenvalue weighted by Crippen LogP contribution is 2.17. The van der Waals surface area contributed by atoms with Crippen molar-refractivity contribution in [1.29, 1.82) is 0 Å². The van der Waals surface area contributed by atoms with Gasteiger partial charge in [0.25, 0.3) is 11.8 Å². The number of benzene rings is 3. The lowest BCUT2D eigenvalue weighted by atomic mass is 10.1. The minimum Gasteiger partial charge on any atom is -0.508 e. The van der Waals surface area contributed by atoms with Crippen LogP contribution in [0.25, 0.3) is 0 Å². The van der Waals surface area contributed by atoms with Gasteiger partial charge in [0, 0.05) is 49.6 Å². The van der Waals surface area contributed by atoms with Crippen molar-refractivity contribution in [3.63, 3.8) is 0 Å². The fourth-order valence-electron chi connectivity index (χ4n) is 4.86. The van der Waals surface area contributed by atoms with E-state index in [2.05, 4.69) is 41.5 Å². The summed E-state index contributed by atoms with van der Waals surface area (Å²) in [5.74, 6) is 0.927. The van der Waals surface area contributed by atoms with Gasteiger partial charge in [-0.3, -0.25) is 9.59 Å². The number of ether oxygens (including phenoxy) is 3. The van der Waals surface area contributed by atoms with Gasteiger partial charge in [0.05, 0.1) is 33.0 Å². The number of carbonyl (C=O) groups excluding carboxylic acids is 2. The van der Waals surface area contributed by atoms with Crippen LogP contribution in [0, 0.1) is 0 Å². The number of hydrogen-bond acceptors (Lipinski definition) is 13. The third-order valence-corrected chi connectivity index (χ3v) is 7.67. The van der Waals surface area contributed by atoms with Crippen LogP contribution < -0.4 is 32.3 Å². The van der Waals surface area contributed by atoms with Crippen molar-refractivity contribution in [2.75, 3.05) is 88.3 Å². The van der Waals surface area contributed by atoms with Crippen LogP contribution in [0.1, 0.15) is 45.5 Å². The molecule has 15 heteroatoms. The van der Waals surface area contributed by atoms with E-state index in [1.807, 2.05) is 30.3 Å². The molecule has 15 nitrogen and oxygen atoms in total. The van der Waals surface area contributed by atoms with Crippen molar-refractivity contribution < 1.29 is 28.9 Å². The predicted molar refractivity (Wildman–Crippen MR) is 205 cm³/mol. The molecular formula is C38H51N9O6. The zero-order valence-electron chi connectivity index (χ0n) is 30.0. The largest absolute Gasteiger partial charge is 0.508 e. The molecule has 0 aliphatic rings. The smallest absolute Gasteiger partial charge is 0.251 e. The predicted octanol–water partition coefficient (Wildman–Crippen LogP) is 3.73. The number of hydrogen-bond donors (Lipinski definition) is 7. The topological polar surface area (TPSA) is 207 Å². The minimum absolute atomic E-state index is 0.135. The fourth-order valence-corrected chi connectivity index (χ4v) is 4.86. The number of nitrogens with one attached hydrogen (secondary N) is 5. The Balaban J connectivity index is 1.21. The van der Waals surface area contributed by atoms with E-state index in [9.17, 15) is 14.7 Å². The van der Waals surface area contributed by atoms with Crippen LogP contribution in [0.3, 0.4) is 0 Å². The van der Waals surface area contributed by atoms with Gasteiger partial charge in [-0.25, -0.2) is 0 Å². The molecule has 4 rings (SSSR count). The molecule has 0 saturated carbocycles. The summed E-state index contributed by atoms with van der Waals surface area (Å²) >= 11 is 0. The first-order valence-electron chi connectivity index (χ1n) is 17.9. The van der Waals surface area contributed by atoms with Crippen LogP contribution >= 0.6 is 0 Å². The summed E-state index contributed by atoms with van der Waals surface area (Å²) in [5, 5.41) is 24.9. The molecule has 3 aromatic carbocycles. The number of nitrogens with two attached hydrogens (primary N) is 1. The molecule has 0 unspecified atom stereocenters. The van der Waals surface area contributed by atoms with Crippen molar-refractivity contribution in [3.8, 4) is 5.75 Å². The Labute approximate surface area is 310 Å². The van der Waals surface area contributed by atoms with Gasteiger partial charge in [-0.1, -0.05) is 30.3 Å². The summed E-state index contributed by atoms with van der Waals surface area (Å²) in [4.78, 5) is 38.2. The second-order valence-electron chi connectivity index (χ2n) is 11.8. The lowest BCUT2D eigenvalue weighted by Crippen LogP contribution is -2.27. The van der Waals surface area contributed by atoms with E-state index in [-0.39, 0.29) is 17.6 Å². The van der Waals surface area contributed by atoms with Crippen LogP contribution in [0.15, 0.2) is 78.9 Å². The average Bonchev–Trinajstić information content (AvgIpc) is 3.18. The van der Waals surface area contributed by atoms with Crippen molar-refractivity contribution >= 4 is 35.3 Å². The Morgan fingerprint density at radius 2 is 1.15 bits per heavy atom. The molecule has 0 bridgehead atoms. The van der Waals surface area contributed by atoms with Gasteiger partial charge >= 0.3 is 0 Å². The molecule has 4 aromatic rings. The van der Waals surface area contributed by atoms with Gasteiger partial charge in [-0.05, 0) is 86.3 Å². The molecule has 0 spiro atoms. The number of unbranched alkanes of at least 4 members (excludes halogenated alkanes) is 2. The lowest BCUT2D eigenvalue weighted by molar-refractivity contribution is 0.0519. The Hall–Kier alpha value is -5.35. The first kappa shape index (κ1) is 40.4. The molecule has 0 atom stereocenters. The maximum Gasteiger partial charge on any atom is 0.251 e. The molecule has 1 aromatic heterocycles. The van der Waals surface area contributed by atoms with Crippen molar-refractivity contribution in [3.05, 3.63) is 95.6 Å². The van der Waals surface area contributed by atoms with Crippen LogP contribution in [-0.2, 0) is 20.6 Å². The van der Waals surface area contributed by atoms with Crippen molar-refractivity contribution in [2.24, 2.45) is 5.73 Å². The normalized spacial score (nSPS) is 10.8. The van der Waals surface area contributed by atoms with E-state index in [4.69, 9.17) is 19.9 Å². The van der Waals surface area contributed by atoms with Gasteiger partial charge in [0.2, 0.25) is 17.8 Å². The lowest BCUT2D eigenvalue weighted by Gasteiger charge is -2.12. The van der Waals surface area contributed by atoms with Crippen LogP contribution in [0.5, 0.6) is 5.75 Å². The maximum absolute atomic E-state index is 12.6. The van der Waals surface area contributed by atoms with Gasteiger partial charge in [-0.15, -0.1) is 0 Å². The zero-order valence-corrected chi connectivity index (χ0v) is 30.0. The third kappa shape index (κ3) is 16.3. The number of rotatable bonds is 26. The molecule has 284 valence electrons. The fraction of sp³-hybridized carbons (Fsp3) is 0.395. The van der Waals surface area contributed by atoms with E-state index < -0.39 is 0 Å². The molecule has 53 heavy (non-hydrogen) atoms. The number of aromatic hydroxyl groups is 1. The molecule has 8 N–H and O–H groups in total. The number of carbonyl (C=O) groups is 2. The van der Waals surface area contributed by atoms with Crippen LogP contribution in [-0.4, -0.2) is 104 Å². The second-order valence-corrected chi connectivity index (χ2v) is 11.8. The molecule has 0 fully saturated rings. The first-order chi connectivity index (χ1) is 26.0. The highest BCUT2D eigenvalue weighted by Gasteiger charge is 2.10. The van der Waals surface area contributed by atoms with E-state index >= 15 is 0 Å². The Bertz CT molecular complexity index is 1630. The Morgan fingerprint density at radius 3 is 1.79 bits per heavy atom. The highest BCUT2D eigenvalue weighted by atomic mass is 16.5. The van der Waals surface area contributed by atoms with Crippen molar-refractivity contribution in [1.82, 2.24) is 25.6 Å². The standard InChI is InChI=1S/C38H51N9O6/c39-18-5-2-6-23-51-24-20-41-35(50)31-11-13-32(14-12-31)44-38-46-36(42-19-17-29-9-15-33(48)16-10-29)45-37(47-38)43-22-26-53-28-27-52-25-21-40-34(49)30-7-3-1-4-8-30/h1,3-4,7-16,48H,2,5-6,17-28,39H2,(H,40,49)(H,41,50)(H3,42,43,44,45,46,47). The molecule has 1 heterocycles. The van der Waals surface area contributed by atoms with E-state index in [1.54, 1.807) is 48.5 Å². The third-order valence-electron chi connectivity index (χ3n) is 7.67. The summed E-state index contributed by atoms with van der Waals surface area (Å²) in [6.45, 7) is 5.16. The molecule has 0 aliphatic heterocycles. The SMILES string of the molecule is NCCCCCOCCNC(=O)c1ccc(Nc2nc(NCCOCCOCCNC(=O)c3ccccc3)nc(NCCc3ccc(O)cc3)n2)cc1. The summed E-state index contributed by atoms with van der Waals surface area (Å²) in [5.41, 5.74) is 8.38. The van der Waals surface area contributed by atoms with Gasteiger partial charge in [-0.2, -0.15) is 15.0 Å². The molecule has 0 radical (unpaired) electrons. The number of phenols is 1. The van der Waals surface area contributed by atoms with E-state index in [1.165, 1.54) is 0 Å². The van der Waals surface area contributed by atoms with Gasteiger partial charge in [0.15, 0.2) is 0 Å². The number of nitrogens with zero attached hydrogens (tertiary/aromatic N) is 3. The summed E-state index contributed by atoms with van der Waals surface area (Å²) in [6.07, 6.45) is 3.68. The number of phenolic OH excluding ortho intramolecular Hbond substituents is 1. The minimum atomic E-state index is -0.184. The molecule has 0 aliphatic carbocycles. The average molecular weight is 730 g/mol. The molecule has 0 saturated heterocycles. The summed E-state index contributed by atoms with van der Waals surface area (Å²) in [6, 6.07) is 23.1. The number of aromatic nitrogens is 3. The van der Waals surface area contributed by atoms with E-state index in [0.717, 1.165) is 24.8 Å². The van der Waals surface area contributed by atoms with Gasteiger partial charge in [0.1, 0.15) is 5.75 Å². The number of amides is 2. The maximum atomic E-state index is 12.6. The zero-order chi connectivity index (χ0) is 37.4. The number of anilines is 4. The Morgan fingerprint density at radius 1 is 0.585 bits per heavy atom. The molecule has 2 amide bonds. The summed E-state index contributed by atoms with van der Waals surface area (Å²) in [7, 11) is 0. The van der Waals surface area contributed by atoms with Crippen molar-refractivity contribution in [2.45, 2.75) is 25.7 Å². The first-order valence-corrected chi connectivity index (χ1v) is 17.9. The van der Waals surface area contributed by atoms with Gasteiger partial charge < -0.3 is 51.6 Å². The molecular weight excluding hydrogens is 678 g/mol. The van der Waals surface area contributed by atoms with Crippen LogP contribution in [0.4, 0.5) is 23.5 Å². The van der Waals surface area contributed by atoms with E-state index in [0.29, 0.717) is 113 Å². The highest BCUT2D eigenvalue weighted by molar-refractivity contribution is 5.94. The second kappa shape index (κ2) is 24.0. The van der Waals surface area contributed by atoms with Crippen LogP contribution in [0.2, 0.25) is 0 Å². The Kier molecular flexibility index (Phi) is 18.3. The summed E-state index contributed by atoms with van der Waals surface area (Å²) < 4.78 is 16.8. The quantitative estimate of drug-likeness (QED) is 0.0461.